The number of nitrogens with one attached hydrogen (secondary N) is 2. The molecule has 1 fully saturated rings. The molecule has 0 heterocycles. The Morgan fingerprint density at radius 2 is 1.83 bits per heavy atom. The standard InChI is InChI=1S/C17H26N2O3S/c1-13(15-8-5-4-6-9-15)14(2)19-16(20)18-12-17(10-7-11-17)23(3,21)22/h4-6,8-9,13-14H,7,10-12H2,1-3H3,(H2,18,19,20)/t13-,14+/m1/s1. The smallest absolute Gasteiger partial charge is 0.315 e. The number of amides is 2. The average molecular weight is 338 g/mol. The van der Waals surface area contributed by atoms with Crippen molar-refractivity contribution in [3.8, 4) is 0 Å². The Morgan fingerprint density at radius 1 is 1.22 bits per heavy atom. The Labute approximate surface area is 138 Å². The van der Waals surface area contributed by atoms with E-state index >= 15 is 0 Å². The maximum Gasteiger partial charge on any atom is 0.315 e. The highest BCUT2D eigenvalue weighted by molar-refractivity contribution is 7.92. The third-order valence-corrected chi connectivity index (χ3v) is 7.18. The number of carbonyl (C=O) groups excluding carboxylic acids is 1. The monoisotopic (exact) mass is 338 g/mol. The van der Waals surface area contributed by atoms with Crippen LogP contribution < -0.4 is 10.6 Å². The zero-order valence-corrected chi connectivity index (χ0v) is 14.8. The third-order valence-electron chi connectivity index (χ3n) is 5.06. The summed E-state index contributed by atoms with van der Waals surface area (Å²) in [7, 11) is -3.15. The average Bonchev–Trinajstić information content (AvgIpc) is 2.44. The molecule has 0 aliphatic heterocycles. The van der Waals surface area contributed by atoms with Crippen LogP contribution in [0.1, 0.15) is 44.6 Å². The van der Waals surface area contributed by atoms with E-state index < -0.39 is 14.6 Å². The molecule has 0 bridgehead atoms. The zero-order valence-electron chi connectivity index (χ0n) is 14.0. The van der Waals surface area contributed by atoms with Gasteiger partial charge in [-0.3, -0.25) is 0 Å². The molecule has 1 aromatic rings. The van der Waals surface area contributed by atoms with Gasteiger partial charge in [-0.1, -0.05) is 43.7 Å². The van der Waals surface area contributed by atoms with Gasteiger partial charge in [-0.05, 0) is 25.3 Å². The molecule has 0 unspecified atom stereocenters. The van der Waals surface area contributed by atoms with Gasteiger partial charge in [0.1, 0.15) is 0 Å². The van der Waals surface area contributed by atoms with Gasteiger partial charge in [-0.25, -0.2) is 13.2 Å². The van der Waals surface area contributed by atoms with E-state index in [1.165, 1.54) is 6.26 Å². The summed E-state index contributed by atoms with van der Waals surface area (Å²) in [5.74, 6) is 0.175. The Balaban J connectivity index is 1.87. The molecule has 2 rings (SSSR count). The number of carbonyl (C=O) groups is 1. The lowest BCUT2D eigenvalue weighted by Gasteiger charge is -2.40. The SMILES string of the molecule is C[C@H](NC(=O)NCC1(S(C)(=O)=O)CCC1)[C@@H](C)c1ccccc1. The van der Waals surface area contributed by atoms with Crippen molar-refractivity contribution in [2.75, 3.05) is 12.8 Å². The Kier molecular flexibility index (Phi) is 5.34. The van der Waals surface area contributed by atoms with Crippen LogP contribution in [0.25, 0.3) is 0 Å². The van der Waals surface area contributed by atoms with Gasteiger partial charge in [-0.2, -0.15) is 0 Å². The number of urea groups is 1. The van der Waals surface area contributed by atoms with Crippen LogP contribution in [0.4, 0.5) is 4.79 Å². The summed E-state index contributed by atoms with van der Waals surface area (Å²) in [6, 6.07) is 9.63. The third kappa shape index (κ3) is 4.05. The van der Waals surface area contributed by atoms with Crippen LogP contribution in [0, 0.1) is 0 Å². The second-order valence-corrected chi connectivity index (χ2v) is 9.03. The van der Waals surface area contributed by atoms with Crippen LogP contribution >= 0.6 is 0 Å². The quantitative estimate of drug-likeness (QED) is 0.836. The van der Waals surface area contributed by atoms with Crippen molar-refractivity contribution < 1.29 is 13.2 Å². The molecule has 2 amide bonds. The lowest BCUT2D eigenvalue weighted by Crippen LogP contribution is -2.55. The van der Waals surface area contributed by atoms with Gasteiger partial charge >= 0.3 is 6.03 Å². The first-order valence-corrected chi connectivity index (χ1v) is 9.93. The number of rotatable bonds is 6. The second kappa shape index (κ2) is 6.91. The van der Waals surface area contributed by atoms with Crippen LogP contribution in [0.2, 0.25) is 0 Å². The maximum absolute atomic E-state index is 12.1. The lowest BCUT2D eigenvalue weighted by molar-refractivity contribution is 0.231. The van der Waals surface area contributed by atoms with Crippen molar-refractivity contribution in [3.05, 3.63) is 35.9 Å². The van der Waals surface area contributed by atoms with Gasteiger partial charge in [0.25, 0.3) is 0 Å². The summed E-state index contributed by atoms with van der Waals surface area (Å²) in [4.78, 5) is 12.1. The highest BCUT2D eigenvalue weighted by Crippen LogP contribution is 2.38. The first-order valence-electron chi connectivity index (χ1n) is 8.04. The van der Waals surface area contributed by atoms with Gasteiger partial charge in [0.05, 0.1) is 4.75 Å². The molecule has 1 saturated carbocycles. The van der Waals surface area contributed by atoms with Gasteiger partial charge < -0.3 is 10.6 Å². The molecule has 6 heteroatoms. The predicted octanol–water partition coefficient (Wildman–Crippen LogP) is 2.45. The molecule has 1 aliphatic rings. The summed E-state index contributed by atoms with van der Waals surface area (Å²) in [6.45, 7) is 4.20. The van der Waals surface area contributed by atoms with Gasteiger partial charge in [0.15, 0.2) is 9.84 Å². The molecule has 2 atom stereocenters. The van der Waals surface area contributed by atoms with Crippen molar-refractivity contribution >= 4 is 15.9 Å². The number of benzene rings is 1. The second-order valence-electron chi connectivity index (χ2n) is 6.62. The van der Waals surface area contributed by atoms with Crippen molar-refractivity contribution in [1.29, 1.82) is 0 Å². The molecule has 1 aromatic carbocycles. The van der Waals surface area contributed by atoms with E-state index in [1.807, 2.05) is 37.3 Å². The minimum atomic E-state index is -3.15. The van der Waals surface area contributed by atoms with Crippen molar-refractivity contribution in [2.24, 2.45) is 0 Å². The van der Waals surface area contributed by atoms with E-state index in [0.29, 0.717) is 12.8 Å². The molecular weight excluding hydrogens is 312 g/mol. The fourth-order valence-electron chi connectivity index (χ4n) is 2.92. The molecule has 2 N–H and O–H groups in total. The van der Waals surface area contributed by atoms with Crippen LogP contribution in [0.5, 0.6) is 0 Å². The Morgan fingerprint density at radius 3 is 2.30 bits per heavy atom. The summed E-state index contributed by atoms with van der Waals surface area (Å²) < 4.78 is 23.0. The van der Waals surface area contributed by atoms with Crippen molar-refractivity contribution in [3.63, 3.8) is 0 Å². The Bertz CT molecular complexity index is 639. The fourth-order valence-corrected chi connectivity index (χ4v) is 4.28. The van der Waals surface area contributed by atoms with Crippen LogP contribution in [0.15, 0.2) is 30.3 Å². The number of sulfone groups is 1. The molecule has 23 heavy (non-hydrogen) atoms. The van der Waals surface area contributed by atoms with Gasteiger partial charge in [0.2, 0.25) is 0 Å². The zero-order chi connectivity index (χ0) is 17.1. The summed E-state index contributed by atoms with van der Waals surface area (Å²) in [5, 5.41) is 5.65. The molecule has 0 spiro atoms. The normalized spacial score (nSPS) is 19.3. The van der Waals surface area contributed by atoms with E-state index in [4.69, 9.17) is 0 Å². The highest BCUT2D eigenvalue weighted by atomic mass is 32.2. The summed E-state index contributed by atoms with van der Waals surface area (Å²) in [6.07, 6.45) is 3.41. The summed E-state index contributed by atoms with van der Waals surface area (Å²) >= 11 is 0. The lowest BCUT2D eigenvalue weighted by atomic mass is 9.84. The van der Waals surface area contributed by atoms with E-state index in [-0.39, 0.29) is 24.5 Å². The number of hydrogen-bond donors (Lipinski definition) is 2. The van der Waals surface area contributed by atoms with E-state index in [0.717, 1.165) is 12.0 Å². The summed E-state index contributed by atoms with van der Waals surface area (Å²) in [5.41, 5.74) is 1.16. The molecular formula is C17H26N2O3S. The predicted molar refractivity (Wildman–Crippen MR) is 92.3 cm³/mol. The van der Waals surface area contributed by atoms with Crippen LogP contribution in [0.3, 0.4) is 0 Å². The van der Waals surface area contributed by atoms with Gasteiger partial charge in [0, 0.05) is 24.8 Å². The molecule has 0 saturated heterocycles. The van der Waals surface area contributed by atoms with Gasteiger partial charge in [-0.15, -0.1) is 0 Å². The molecule has 1 aliphatic carbocycles. The van der Waals surface area contributed by atoms with E-state index in [1.54, 1.807) is 0 Å². The largest absolute Gasteiger partial charge is 0.337 e. The van der Waals surface area contributed by atoms with E-state index in [2.05, 4.69) is 17.6 Å². The maximum atomic E-state index is 12.1. The van der Waals surface area contributed by atoms with Crippen molar-refractivity contribution in [2.45, 2.75) is 49.8 Å². The minimum absolute atomic E-state index is 0.0482. The fraction of sp³-hybridized carbons (Fsp3) is 0.588. The first-order chi connectivity index (χ1) is 10.8. The van der Waals surface area contributed by atoms with Crippen molar-refractivity contribution in [1.82, 2.24) is 10.6 Å². The highest BCUT2D eigenvalue weighted by Gasteiger charge is 2.46. The van der Waals surface area contributed by atoms with E-state index in [9.17, 15) is 13.2 Å². The topological polar surface area (TPSA) is 75.3 Å². The molecule has 5 nitrogen and oxygen atoms in total. The Hall–Kier alpha value is -1.56. The minimum Gasteiger partial charge on any atom is -0.337 e. The molecule has 0 aromatic heterocycles. The first kappa shape index (κ1) is 17.8. The van der Waals surface area contributed by atoms with Crippen LogP contribution in [-0.4, -0.2) is 38.0 Å². The number of hydrogen-bond acceptors (Lipinski definition) is 3. The van der Waals surface area contributed by atoms with Crippen LogP contribution in [-0.2, 0) is 9.84 Å². The molecule has 0 radical (unpaired) electrons. The molecule has 128 valence electrons.